The first-order valence-corrected chi connectivity index (χ1v) is 5.00. The maximum atomic E-state index is 10.7. The Morgan fingerprint density at radius 1 is 1.08 bits per heavy atom. The Kier molecular flexibility index (Phi) is 2.07. The normalized spacial score (nSPS) is 40.8. The first-order chi connectivity index (χ1) is 5.77. The minimum atomic E-state index is -0.569. The van der Waals surface area contributed by atoms with Gasteiger partial charge < -0.3 is 5.11 Å². The monoisotopic (exact) mass is 168 g/mol. The summed E-state index contributed by atoms with van der Waals surface area (Å²) in [5.74, 6) is 1.03. The average Bonchev–Trinajstić information content (AvgIpc) is 2.49. The van der Waals surface area contributed by atoms with Crippen molar-refractivity contribution in [3.63, 3.8) is 0 Å². The zero-order valence-electron chi connectivity index (χ0n) is 7.33. The van der Waals surface area contributed by atoms with Crippen LogP contribution in [-0.4, -0.2) is 11.1 Å². The highest BCUT2D eigenvalue weighted by molar-refractivity contribution is 5.70. The van der Waals surface area contributed by atoms with Crippen molar-refractivity contribution in [2.45, 2.75) is 38.5 Å². The molecule has 0 spiro atoms. The minimum Gasteiger partial charge on any atom is -0.481 e. The molecule has 0 unspecified atom stereocenters. The summed E-state index contributed by atoms with van der Waals surface area (Å²) < 4.78 is 0. The number of carboxylic acids is 1. The topological polar surface area (TPSA) is 37.3 Å². The van der Waals surface area contributed by atoms with Crippen molar-refractivity contribution < 1.29 is 9.90 Å². The molecule has 0 aromatic carbocycles. The number of fused-ring (bicyclic) bond motifs is 1. The zero-order valence-corrected chi connectivity index (χ0v) is 7.33. The highest BCUT2D eigenvalue weighted by Crippen LogP contribution is 2.44. The molecule has 0 aromatic heterocycles. The highest BCUT2D eigenvalue weighted by Gasteiger charge is 2.36. The summed E-state index contributed by atoms with van der Waals surface area (Å²) in [6, 6.07) is 0. The van der Waals surface area contributed by atoms with Crippen LogP contribution in [0.2, 0.25) is 0 Å². The molecule has 0 amide bonds. The summed E-state index contributed by atoms with van der Waals surface area (Å²) in [4.78, 5) is 10.7. The van der Waals surface area contributed by atoms with Gasteiger partial charge in [-0.15, -0.1) is 0 Å². The molecule has 2 aliphatic carbocycles. The Bertz CT molecular complexity index is 188. The van der Waals surface area contributed by atoms with Crippen LogP contribution in [0.4, 0.5) is 0 Å². The molecule has 1 N–H and O–H groups in total. The van der Waals surface area contributed by atoms with Gasteiger partial charge >= 0.3 is 5.97 Å². The predicted octanol–water partition coefficient (Wildman–Crippen LogP) is 2.29. The van der Waals surface area contributed by atoms with Crippen molar-refractivity contribution in [3.05, 3.63) is 0 Å². The van der Waals surface area contributed by atoms with Gasteiger partial charge in [-0.05, 0) is 31.1 Å². The van der Waals surface area contributed by atoms with E-state index in [1.807, 2.05) is 0 Å². The fraction of sp³-hybridized carbons (Fsp3) is 0.900. The molecule has 12 heavy (non-hydrogen) atoms. The van der Waals surface area contributed by atoms with Gasteiger partial charge in [-0.3, -0.25) is 4.79 Å². The van der Waals surface area contributed by atoms with E-state index in [2.05, 4.69) is 0 Å². The third kappa shape index (κ3) is 1.35. The molecule has 2 saturated carbocycles. The Morgan fingerprint density at radius 3 is 2.58 bits per heavy atom. The van der Waals surface area contributed by atoms with E-state index in [4.69, 9.17) is 5.11 Å². The lowest BCUT2D eigenvalue weighted by Crippen LogP contribution is -2.25. The first kappa shape index (κ1) is 8.09. The molecule has 3 atom stereocenters. The van der Waals surface area contributed by atoms with Crippen molar-refractivity contribution >= 4 is 5.97 Å². The summed E-state index contributed by atoms with van der Waals surface area (Å²) in [6.45, 7) is 0. The van der Waals surface area contributed by atoms with E-state index in [-0.39, 0.29) is 5.92 Å². The SMILES string of the molecule is O=C(O)[C@H]1CC[C@@H]2CCC[C@H]2C1. The summed E-state index contributed by atoms with van der Waals surface area (Å²) in [6.07, 6.45) is 7.03. The molecule has 0 heterocycles. The second kappa shape index (κ2) is 3.08. The lowest BCUT2D eigenvalue weighted by Gasteiger charge is -2.29. The van der Waals surface area contributed by atoms with Crippen LogP contribution in [0.15, 0.2) is 0 Å². The van der Waals surface area contributed by atoms with Crippen LogP contribution in [-0.2, 0) is 4.79 Å². The zero-order chi connectivity index (χ0) is 8.55. The minimum absolute atomic E-state index is 0.0238. The van der Waals surface area contributed by atoms with Crippen molar-refractivity contribution in [1.29, 1.82) is 0 Å². The van der Waals surface area contributed by atoms with Crippen LogP contribution in [0, 0.1) is 17.8 Å². The van der Waals surface area contributed by atoms with Crippen LogP contribution in [0.1, 0.15) is 38.5 Å². The highest BCUT2D eigenvalue weighted by atomic mass is 16.4. The van der Waals surface area contributed by atoms with Gasteiger partial charge in [-0.25, -0.2) is 0 Å². The van der Waals surface area contributed by atoms with Crippen molar-refractivity contribution in [1.82, 2.24) is 0 Å². The standard InChI is InChI=1S/C10H16O2/c11-10(12)9-5-4-7-2-1-3-8(7)6-9/h7-9H,1-6H2,(H,11,12)/t7-,8-,9-/m0/s1. The molecule has 0 aromatic rings. The van der Waals surface area contributed by atoms with Gasteiger partial charge in [-0.2, -0.15) is 0 Å². The number of hydrogen-bond donors (Lipinski definition) is 1. The molecular formula is C10H16O2. The van der Waals surface area contributed by atoms with Crippen molar-refractivity contribution in [2.75, 3.05) is 0 Å². The van der Waals surface area contributed by atoms with E-state index >= 15 is 0 Å². The molecule has 2 nitrogen and oxygen atoms in total. The van der Waals surface area contributed by atoms with E-state index in [9.17, 15) is 4.79 Å². The fourth-order valence-electron chi connectivity index (χ4n) is 2.93. The van der Waals surface area contributed by atoms with E-state index in [1.54, 1.807) is 0 Å². The van der Waals surface area contributed by atoms with Gasteiger partial charge in [0.05, 0.1) is 5.92 Å². The lowest BCUT2D eigenvalue weighted by atomic mass is 9.76. The quantitative estimate of drug-likeness (QED) is 0.652. The first-order valence-electron chi connectivity index (χ1n) is 5.00. The summed E-state index contributed by atoms with van der Waals surface area (Å²) in [7, 11) is 0. The van der Waals surface area contributed by atoms with Gasteiger partial charge in [0.15, 0.2) is 0 Å². The maximum Gasteiger partial charge on any atom is 0.306 e. The maximum absolute atomic E-state index is 10.7. The second-order valence-corrected chi connectivity index (χ2v) is 4.30. The molecule has 2 aliphatic rings. The molecule has 68 valence electrons. The van der Waals surface area contributed by atoms with Crippen LogP contribution in [0.5, 0.6) is 0 Å². The Balaban J connectivity index is 1.96. The van der Waals surface area contributed by atoms with Crippen LogP contribution >= 0.6 is 0 Å². The van der Waals surface area contributed by atoms with Crippen molar-refractivity contribution in [3.8, 4) is 0 Å². The Hall–Kier alpha value is -0.530. The Morgan fingerprint density at radius 2 is 1.83 bits per heavy atom. The van der Waals surface area contributed by atoms with E-state index in [0.717, 1.165) is 24.7 Å². The van der Waals surface area contributed by atoms with Gasteiger partial charge in [0, 0.05) is 0 Å². The number of carboxylic acid groups (broad SMARTS) is 1. The summed E-state index contributed by atoms with van der Waals surface area (Å²) >= 11 is 0. The smallest absolute Gasteiger partial charge is 0.306 e. The fourth-order valence-corrected chi connectivity index (χ4v) is 2.93. The van der Waals surface area contributed by atoms with Gasteiger partial charge in [0.2, 0.25) is 0 Å². The molecular weight excluding hydrogens is 152 g/mol. The van der Waals surface area contributed by atoms with E-state index in [1.165, 1.54) is 25.7 Å². The largest absolute Gasteiger partial charge is 0.481 e. The predicted molar refractivity (Wildman–Crippen MR) is 45.8 cm³/mol. The Labute approximate surface area is 73.0 Å². The summed E-state index contributed by atoms with van der Waals surface area (Å²) in [5, 5.41) is 8.86. The molecule has 0 aliphatic heterocycles. The molecule has 0 saturated heterocycles. The van der Waals surface area contributed by atoms with Gasteiger partial charge in [0.25, 0.3) is 0 Å². The van der Waals surface area contributed by atoms with Gasteiger partial charge in [-0.1, -0.05) is 19.3 Å². The van der Waals surface area contributed by atoms with E-state index < -0.39 is 5.97 Å². The van der Waals surface area contributed by atoms with Crippen LogP contribution < -0.4 is 0 Å². The van der Waals surface area contributed by atoms with Crippen LogP contribution in [0.3, 0.4) is 0 Å². The van der Waals surface area contributed by atoms with E-state index in [0.29, 0.717) is 0 Å². The molecule has 2 rings (SSSR count). The number of carbonyl (C=O) groups is 1. The summed E-state index contributed by atoms with van der Waals surface area (Å²) in [5.41, 5.74) is 0. The molecule has 2 heteroatoms. The molecule has 0 radical (unpaired) electrons. The number of aliphatic carboxylic acids is 1. The molecule has 2 fully saturated rings. The average molecular weight is 168 g/mol. The molecule has 0 bridgehead atoms. The van der Waals surface area contributed by atoms with Crippen LogP contribution in [0.25, 0.3) is 0 Å². The lowest BCUT2D eigenvalue weighted by molar-refractivity contribution is -0.143. The number of rotatable bonds is 1. The number of hydrogen-bond acceptors (Lipinski definition) is 1. The second-order valence-electron chi connectivity index (χ2n) is 4.30. The third-order valence-corrected chi connectivity index (χ3v) is 3.64. The van der Waals surface area contributed by atoms with Gasteiger partial charge in [0.1, 0.15) is 0 Å². The van der Waals surface area contributed by atoms with Crippen molar-refractivity contribution in [2.24, 2.45) is 17.8 Å². The third-order valence-electron chi connectivity index (χ3n) is 3.64.